The van der Waals surface area contributed by atoms with E-state index in [9.17, 15) is 18.5 Å². The summed E-state index contributed by atoms with van der Waals surface area (Å²) in [5, 5.41) is 9.69. The highest BCUT2D eigenvalue weighted by molar-refractivity contribution is 7.95. The van der Waals surface area contributed by atoms with Crippen LogP contribution < -0.4 is 10.5 Å². The lowest BCUT2D eigenvalue weighted by molar-refractivity contribution is 0.603. The Labute approximate surface area is 180 Å². The van der Waals surface area contributed by atoms with Crippen LogP contribution in [-0.2, 0) is 9.84 Å². The minimum absolute atomic E-state index is 0.00738. The minimum Gasteiger partial charge on any atom is -0.356 e. The molecule has 7 nitrogen and oxygen atoms in total. The Bertz CT molecular complexity index is 1330. The molecule has 0 radical (unpaired) electrons. The zero-order chi connectivity index (χ0) is 21.8. The maximum Gasteiger partial charge on any atom is 0.267 e. The maximum atomic E-state index is 13.3. The minimum atomic E-state index is -4.07. The van der Waals surface area contributed by atoms with Gasteiger partial charge in [-0.1, -0.05) is 37.1 Å². The number of nitriles is 1. The summed E-state index contributed by atoms with van der Waals surface area (Å²) in [6, 6.07) is 14.8. The summed E-state index contributed by atoms with van der Waals surface area (Å²) in [6.45, 7) is 1.45. The molecule has 0 bridgehead atoms. The van der Waals surface area contributed by atoms with Gasteiger partial charge in [-0.15, -0.1) is 0 Å². The molecule has 3 aromatic rings. The Morgan fingerprint density at radius 3 is 2.35 bits per heavy atom. The maximum absolute atomic E-state index is 13.3. The van der Waals surface area contributed by atoms with Crippen LogP contribution in [0.5, 0.6) is 0 Å². The van der Waals surface area contributed by atoms with Gasteiger partial charge in [-0.25, -0.2) is 13.4 Å². The molecule has 0 spiro atoms. The molecule has 1 aliphatic rings. The van der Waals surface area contributed by atoms with Gasteiger partial charge in [0.25, 0.3) is 5.56 Å². The molecule has 2 aromatic heterocycles. The Kier molecular flexibility index (Phi) is 5.87. The van der Waals surface area contributed by atoms with E-state index in [2.05, 4.69) is 4.98 Å². The quantitative estimate of drug-likeness (QED) is 0.584. The van der Waals surface area contributed by atoms with E-state index in [4.69, 9.17) is 0 Å². The first kappa shape index (κ1) is 20.8. The molecule has 1 fully saturated rings. The molecule has 0 unspecified atom stereocenters. The summed E-state index contributed by atoms with van der Waals surface area (Å²) in [6.07, 6.45) is 6.89. The van der Waals surface area contributed by atoms with Crippen LogP contribution in [0, 0.1) is 11.3 Å². The first-order valence-electron chi connectivity index (χ1n) is 10.2. The second kappa shape index (κ2) is 8.74. The second-order valence-electron chi connectivity index (χ2n) is 7.42. The van der Waals surface area contributed by atoms with E-state index in [0.29, 0.717) is 11.5 Å². The van der Waals surface area contributed by atoms with Crippen LogP contribution in [0.15, 0.2) is 69.3 Å². The van der Waals surface area contributed by atoms with Crippen molar-refractivity contribution in [1.29, 1.82) is 5.26 Å². The van der Waals surface area contributed by atoms with Crippen molar-refractivity contribution in [3.05, 3.63) is 75.6 Å². The fourth-order valence-electron chi connectivity index (χ4n) is 3.77. The molecule has 4 rings (SSSR count). The molecule has 0 atom stereocenters. The van der Waals surface area contributed by atoms with Gasteiger partial charge < -0.3 is 4.90 Å². The van der Waals surface area contributed by atoms with Crippen LogP contribution in [0.1, 0.15) is 31.2 Å². The predicted octanol–water partition coefficient (Wildman–Crippen LogP) is 3.41. The van der Waals surface area contributed by atoms with Gasteiger partial charge in [0.05, 0.1) is 10.5 Å². The van der Waals surface area contributed by atoms with E-state index in [0.717, 1.165) is 38.8 Å². The number of pyridine rings is 1. The van der Waals surface area contributed by atoms with Crippen molar-refractivity contribution < 1.29 is 8.42 Å². The molecular formula is C23H22N4O3S. The van der Waals surface area contributed by atoms with Crippen molar-refractivity contribution in [2.45, 2.75) is 30.6 Å². The fraction of sp³-hybridized carbons (Fsp3) is 0.261. The van der Waals surface area contributed by atoms with Crippen molar-refractivity contribution in [1.82, 2.24) is 9.38 Å². The molecule has 1 aliphatic heterocycles. The molecule has 1 saturated heterocycles. The van der Waals surface area contributed by atoms with Gasteiger partial charge in [-0.2, -0.15) is 5.26 Å². The first-order valence-corrected chi connectivity index (χ1v) is 11.7. The first-order chi connectivity index (χ1) is 15.0. The number of rotatable bonds is 4. The summed E-state index contributed by atoms with van der Waals surface area (Å²) in [5.41, 5.74) is 0.191. The number of aromatic nitrogens is 2. The highest BCUT2D eigenvalue weighted by atomic mass is 32.2. The zero-order valence-corrected chi connectivity index (χ0v) is 17.8. The Morgan fingerprint density at radius 1 is 1.00 bits per heavy atom. The Hall–Kier alpha value is -3.44. The summed E-state index contributed by atoms with van der Waals surface area (Å²) in [4.78, 5) is 19.6. The molecule has 0 saturated carbocycles. The van der Waals surface area contributed by atoms with Gasteiger partial charge in [0.2, 0.25) is 9.84 Å². The standard InChI is InChI=1S/C23H22N4O3S/c24-17-19(31(29,30)18-10-4-3-5-11-18)16-20-22(26-13-7-1-2-8-14-26)25-21-12-6-9-15-27(21)23(20)28/h3-6,9-12,15-16H,1-2,7-8,13-14H2. The van der Waals surface area contributed by atoms with Crippen LogP contribution in [0.3, 0.4) is 0 Å². The van der Waals surface area contributed by atoms with Gasteiger partial charge in [0, 0.05) is 19.3 Å². The fourth-order valence-corrected chi connectivity index (χ4v) is 4.93. The number of fused-ring (bicyclic) bond motifs is 1. The third-order valence-electron chi connectivity index (χ3n) is 5.38. The summed E-state index contributed by atoms with van der Waals surface area (Å²) in [5.74, 6) is 0.425. The predicted molar refractivity (Wildman–Crippen MR) is 119 cm³/mol. The largest absolute Gasteiger partial charge is 0.356 e. The van der Waals surface area contributed by atoms with Gasteiger partial charge >= 0.3 is 0 Å². The average Bonchev–Trinajstić information content (AvgIpc) is 3.08. The number of allylic oxidation sites excluding steroid dienone is 1. The second-order valence-corrected chi connectivity index (χ2v) is 9.34. The van der Waals surface area contributed by atoms with E-state index in [1.54, 1.807) is 48.7 Å². The lowest BCUT2D eigenvalue weighted by atomic mass is 10.2. The van der Waals surface area contributed by atoms with Gasteiger partial charge in [-0.3, -0.25) is 9.20 Å². The number of benzene rings is 1. The van der Waals surface area contributed by atoms with Crippen molar-refractivity contribution in [3.63, 3.8) is 0 Å². The van der Waals surface area contributed by atoms with E-state index in [-0.39, 0.29) is 10.5 Å². The molecule has 31 heavy (non-hydrogen) atoms. The molecule has 8 heteroatoms. The lowest BCUT2D eigenvalue weighted by Crippen LogP contribution is -2.30. The van der Waals surface area contributed by atoms with Crippen LogP contribution in [-0.4, -0.2) is 30.9 Å². The number of nitrogens with zero attached hydrogens (tertiary/aromatic N) is 4. The number of hydrogen-bond acceptors (Lipinski definition) is 6. The normalized spacial score (nSPS) is 15.5. The molecule has 1 aromatic carbocycles. The van der Waals surface area contributed by atoms with Crippen molar-refractivity contribution in [3.8, 4) is 6.07 Å². The average molecular weight is 435 g/mol. The van der Waals surface area contributed by atoms with Gasteiger partial charge in [0.15, 0.2) is 0 Å². The van der Waals surface area contributed by atoms with Crippen molar-refractivity contribution in [2.75, 3.05) is 18.0 Å². The molecule has 0 amide bonds. The van der Waals surface area contributed by atoms with Gasteiger partial charge in [0.1, 0.15) is 22.4 Å². The van der Waals surface area contributed by atoms with Crippen LogP contribution >= 0.6 is 0 Å². The summed E-state index contributed by atoms with van der Waals surface area (Å²) in [7, 11) is -4.07. The smallest absolute Gasteiger partial charge is 0.267 e. The third kappa shape index (κ3) is 4.09. The highest BCUT2D eigenvalue weighted by Gasteiger charge is 2.24. The third-order valence-corrected chi connectivity index (χ3v) is 7.06. The Morgan fingerprint density at radius 2 is 1.68 bits per heavy atom. The zero-order valence-electron chi connectivity index (χ0n) is 16.9. The lowest BCUT2D eigenvalue weighted by Gasteiger charge is -2.23. The molecular weight excluding hydrogens is 412 g/mol. The molecule has 0 N–H and O–H groups in total. The monoisotopic (exact) mass is 434 g/mol. The number of anilines is 1. The number of sulfone groups is 1. The van der Waals surface area contributed by atoms with Crippen molar-refractivity contribution >= 4 is 27.4 Å². The van der Waals surface area contributed by atoms with Crippen LogP contribution in [0.4, 0.5) is 5.82 Å². The Balaban J connectivity index is 1.95. The molecule has 0 aliphatic carbocycles. The van der Waals surface area contributed by atoms with Crippen LogP contribution in [0.2, 0.25) is 0 Å². The summed E-state index contributed by atoms with van der Waals surface area (Å²) < 4.78 is 27.5. The topological polar surface area (TPSA) is 95.5 Å². The number of hydrogen-bond donors (Lipinski definition) is 0. The van der Waals surface area contributed by atoms with E-state index in [1.165, 1.54) is 22.6 Å². The summed E-state index contributed by atoms with van der Waals surface area (Å²) >= 11 is 0. The van der Waals surface area contributed by atoms with Gasteiger partial charge in [-0.05, 0) is 43.2 Å². The van der Waals surface area contributed by atoms with Crippen molar-refractivity contribution in [2.24, 2.45) is 0 Å². The van der Waals surface area contributed by atoms with E-state index in [1.807, 2.05) is 4.90 Å². The highest BCUT2D eigenvalue weighted by Crippen LogP contribution is 2.26. The van der Waals surface area contributed by atoms with Crippen LogP contribution in [0.25, 0.3) is 11.7 Å². The molecule has 3 heterocycles. The van der Waals surface area contributed by atoms with E-state index >= 15 is 0 Å². The molecule has 158 valence electrons. The SMILES string of the molecule is N#CC(=Cc1c(N2CCCCCC2)nc2ccccn2c1=O)S(=O)(=O)c1ccccc1. The van der Waals surface area contributed by atoms with E-state index < -0.39 is 20.3 Å².